The van der Waals surface area contributed by atoms with Gasteiger partial charge in [0.2, 0.25) is 0 Å². The van der Waals surface area contributed by atoms with Crippen molar-refractivity contribution in [3.63, 3.8) is 0 Å². The molecule has 0 rings (SSSR count). The van der Waals surface area contributed by atoms with Crippen LogP contribution in [0.25, 0.3) is 0 Å². The zero-order valence-electron chi connectivity index (χ0n) is 5.45. The average Bonchev–Trinajstić information content (AvgIpc) is 0.722. The molecule has 0 unspecified atom stereocenters. The Morgan fingerprint density at radius 1 is 0.833 bits per heavy atom. The molecule has 0 heterocycles. The van der Waals surface area contributed by atoms with E-state index < -0.39 is 0 Å². The summed E-state index contributed by atoms with van der Waals surface area (Å²) in [5.74, 6) is 0. The molecule has 0 saturated heterocycles. The third kappa shape index (κ3) is 21700. The molecule has 0 aromatic rings. The Balaban J connectivity index is 0. The van der Waals surface area contributed by atoms with Gasteiger partial charge in [-0.25, -0.2) is 0 Å². The fraction of sp³-hybridized carbons (Fsp3) is 0.800. The average molecular weight is 89.2 g/mol. The fourth-order valence-corrected chi connectivity index (χ4v) is 0. The highest BCUT2D eigenvalue weighted by Crippen LogP contribution is 1.73. The Labute approximate surface area is 41.2 Å². The summed E-state index contributed by atoms with van der Waals surface area (Å²) in [6, 6.07) is 0. The van der Waals surface area contributed by atoms with Gasteiger partial charge in [-0.3, -0.25) is 0 Å². The first kappa shape index (κ1) is 9.35. The number of rotatable bonds is 0. The van der Waals surface area contributed by atoms with E-state index in [1.807, 2.05) is 0 Å². The molecule has 1 heteroatoms. The summed E-state index contributed by atoms with van der Waals surface area (Å²) in [7, 11) is 8.50. The maximum absolute atomic E-state index is 2.12. The quantitative estimate of drug-likeness (QED) is 0.304. The molecule has 0 bridgehead atoms. The van der Waals surface area contributed by atoms with Crippen molar-refractivity contribution in [2.75, 3.05) is 28.2 Å². The largest absolute Gasteiger partial charge is 0.358 e. The topological polar surface area (TPSA) is 0 Å². The minimum Gasteiger partial charge on any atom is -0.358 e. The molecule has 6 heavy (non-hydrogen) atoms. The van der Waals surface area contributed by atoms with Crippen LogP contribution in [0.4, 0.5) is 0 Å². The van der Waals surface area contributed by atoms with E-state index in [9.17, 15) is 0 Å². The summed E-state index contributed by atoms with van der Waals surface area (Å²) < 4.78 is 1.00. The summed E-state index contributed by atoms with van der Waals surface area (Å²) in [6.07, 6.45) is 0. The second-order valence-electron chi connectivity index (χ2n) is 2.68. The van der Waals surface area contributed by atoms with Gasteiger partial charge in [0.1, 0.15) is 0 Å². The minimum absolute atomic E-state index is 0. The molecule has 0 atom stereocenters. The molecule has 0 saturated carbocycles. The van der Waals surface area contributed by atoms with E-state index in [1.165, 1.54) is 0 Å². The molecule has 0 amide bonds. The van der Waals surface area contributed by atoms with Gasteiger partial charge in [0.15, 0.2) is 0 Å². The highest BCUT2D eigenvalue weighted by molar-refractivity contribution is 3.87. The van der Waals surface area contributed by atoms with Crippen LogP contribution in [0.3, 0.4) is 0 Å². The van der Waals surface area contributed by atoms with Crippen molar-refractivity contribution in [2.45, 2.75) is 0 Å². The van der Waals surface area contributed by atoms with Crippen molar-refractivity contribution >= 4 is 0 Å². The highest BCUT2D eigenvalue weighted by atomic mass is 15.2. The van der Waals surface area contributed by atoms with Crippen LogP contribution in [0.5, 0.6) is 0 Å². The van der Waals surface area contributed by atoms with Gasteiger partial charge in [-0.05, 0) is 0 Å². The Morgan fingerprint density at radius 3 is 0.833 bits per heavy atom. The second kappa shape index (κ2) is 2.19. The van der Waals surface area contributed by atoms with Crippen molar-refractivity contribution < 1.29 is 4.48 Å². The lowest BCUT2D eigenvalue weighted by molar-refractivity contribution is -0.849. The SMILES string of the molecule is C[N+](C)(C)C.[CH3-]. The van der Waals surface area contributed by atoms with Crippen LogP contribution in [0.1, 0.15) is 0 Å². The molecule has 0 fully saturated rings. The monoisotopic (exact) mass is 89.1 g/mol. The smallest absolute Gasteiger partial charge is 0.0675 e. The van der Waals surface area contributed by atoms with E-state index in [-0.39, 0.29) is 7.43 Å². The predicted molar refractivity (Wildman–Crippen MR) is 30.4 cm³/mol. The zero-order valence-corrected chi connectivity index (χ0v) is 5.45. The summed E-state index contributed by atoms with van der Waals surface area (Å²) in [5, 5.41) is 0. The molecule has 0 aliphatic carbocycles. The molecule has 0 radical (unpaired) electrons. The van der Waals surface area contributed by atoms with Gasteiger partial charge in [-0.2, -0.15) is 0 Å². The molecule has 1 nitrogen and oxygen atoms in total. The predicted octanol–water partition coefficient (Wildman–Crippen LogP) is 0.773. The van der Waals surface area contributed by atoms with Gasteiger partial charge in [-0.1, -0.05) is 0 Å². The molecular formula is C5H15N. The molecule has 0 spiro atoms. The van der Waals surface area contributed by atoms with E-state index in [4.69, 9.17) is 0 Å². The number of quaternary nitrogens is 1. The summed E-state index contributed by atoms with van der Waals surface area (Å²) in [4.78, 5) is 0. The Bertz CT molecular complexity index is 19.4. The first-order valence-corrected chi connectivity index (χ1v) is 1.79. The molecular weight excluding hydrogens is 74.1 g/mol. The van der Waals surface area contributed by atoms with Crippen LogP contribution < -0.4 is 0 Å². The van der Waals surface area contributed by atoms with Crippen molar-refractivity contribution in [1.82, 2.24) is 0 Å². The van der Waals surface area contributed by atoms with Crippen molar-refractivity contribution in [3.05, 3.63) is 7.43 Å². The van der Waals surface area contributed by atoms with Gasteiger partial charge < -0.3 is 11.9 Å². The van der Waals surface area contributed by atoms with E-state index in [0.717, 1.165) is 4.48 Å². The summed E-state index contributed by atoms with van der Waals surface area (Å²) >= 11 is 0. The lowest BCUT2D eigenvalue weighted by Crippen LogP contribution is -2.27. The first-order chi connectivity index (χ1) is 2.00. The highest BCUT2D eigenvalue weighted by Gasteiger charge is 1.88. The normalized spacial score (nSPS) is 10.0. The fourth-order valence-electron chi connectivity index (χ4n) is 0. The lowest BCUT2D eigenvalue weighted by Gasteiger charge is -2.14. The molecule has 0 aliphatic heterocycles. The van der Waals surface area contributed by atoms with E-state index >= 15 is 0 Å². The van der Waals surface area contributed by atoms with Gasteiger partial charge in [-0.15, -0.1) is 0 Å². The number of nitrogens with zero attached hydrogens (tertiary/aromatic N) is 1. The van der Waals surface area contributed by atoms with Crippen LogP contribution in [0.2, 0.25) is 0 Å². The maximum Gasteiger partial charge on any atom is 0.0675 e. The van der Waals surface area contributed by atoms with Gasteiger partial charge in [0.05, 0.1) is 28.2 Å². The van der Waals surface area contributed by atoms with Crippen LogP contribution in [-0.2, 0) is 0 Å². The molecule has 0 aromatic heterocycles. The minimum atomic E-state index is 0. The van der Waals surface area contributed by atoms with Crippen molar-refractivity contribution in [2.24, 2.45) is 0 Å². The van der Waals surface area contributed by atoms with Crippen LogP contribution in [0.15, 0.2) is 0 Å². The maximum atomic E-state index is 2.12. The molecule has 0 aliphatic rings. The van der Waals surface area contributed by atoms with Crippen molar-refractivity contribution in [1.29, 1.82) is 0 Å². The molecule has 0 N–H and O–H groups in total. The van der Waals surface area contributed by atoms with E-state index in [2.05, 4.69) is 28.2 Å². The van der Waals surface area contributed by atoms with Gasteiger partial charge in [0.25, 0.3) is 0 Å². The molecule has 40 valence electrons. The van der Waals surface area contributed by atoms with Crippen LogP contribution in [0, 0.1) is 7.43 Å². The van der Waals surface area contributed by atoms with Crippen LogP contribution in [-0.4, -0.2) is 32.7 Å². The second-order valence-corrected chi connectivity index (χ2v) is 2.68. The lowest BCUT2D eigenvalue weighted by atomic mass is 10.8. The zero-order chi connectivity index (χ0) is 4.50. The number of hydrogen-bond donors (Lipinski definition) is 0. The summed E-state index contributed by atoms with van der Waals surface area (Å²) in [5.41, 5.74) is 0. The molecule has 0 aromatic carbocycles. The van der Waals surface area contributed by atoms with Crippen LogP contribution >= 0.6 is 0 Å². The Morgan fingerprint density at radius 2 is 0.833 bits per heavy atom. The summed E-state index contributed by atoms with van der Waals surface area (Å²) in [6.45, 7) is 0. The van der Waals surface area contributed by atoms with Gasteiger partial charge >= 0.3 is 0 Å². The standard InChI is InChI=1S/C4H12N.CH3/c1-5(2,3)4;/h1-4H3;1H3/q+1;-1. The Hall–Kier alpha value is -0.0400. The van der Waals surface area contributed by atoms with Gasteiger partial charge in [0, 0.05) is 0 Å². The first-order valence-electron chi connectivity index (χ1n) is 1.79. The van der Waals surface area contributed by atoms with Crippen molar-refractivity contribution in [3.8, 4) is 0 Å². The van der Waals surface area contributed by atoms with E-state index in [0.29, 0.717) is 0 Å². The third-order valence-electron chi connectivity index (χ3n) is 0. The van der Waals surface area contributed by atoms with E-state index in [1.54, 1.807) is 0 Å². The third-order valence-corrected chi connectivity index (χ3v) is 0. The number of hydrogen-bond acceptors (Lipinski definition) is 0. The Kier molecular flexibility index (Phi) is 3.41.